The summed E-state index contributed by atoms with van der Waals surface area (Å²) in [6.45, 7) is 2.87. The van der Waals surface area contributed by atoms with Crippen molar-refractivity contribution in [3.63, 3.8) is 0 Å². The Labute approximate surface area is 318 Å². The molecule has 0 atom stereocenters. The molecule has 2 amide bonds. The molecule has 0 fully saturated rings. The summed E-state index contributed by atoms with van der Waals surface area (Å²) in [5.41, 5.74) is -1.42. The zero-order valence-corrected chi connectivity index (χ0v) is 31.8. The van der Waals surface area contributed by atoms with E-state index in [9.17, 15) is 57.8 Å². The van der Waals surface area contributed by atoms with Gasteiger partial charge in [0.1, 0.15) is 31.1 Å². The lowest BCUT2D eigenvalue weighted by atomic mass is 10.1. The number of hydrogen-bond donors (Lipinski definition) is 6. The number of anilines is 6. The normalized spacial score (nSPS) is 15.4. The summed E-state index contributed by atoms with van der Waals surface area (Å²) in [4.78, 5) is 11.1. The van der Waals surface area contributed by atoms with Gasteiger partial charge < -0.3 is 20.8 Å². The molecule has 56 heavy (non-hydrogen) atoms. The number of nitrogens with zero attached hydrogens (tertiary/aromatic N) is 2. The number of rotatable bonds is 6. The minimum absolute atomic E-state index is 0.0330. The molecule has 4 aliphatic heterocycles. The molecule has 0 saturated carbocycles. The molecule has 4 bridgehead atoms. The number of nitrogens with one attached hydrogen (secondary N) is 2. The van der Waals surface area contributed by atoms with Crippen molar-refractivity contribution in [2.75, 3.05) is 19.2 Å². The molecule has 6 aromatic carbocycles. The summed E-state index contributed by atoms with van der Waals surface area (Å²) >= 11 is 0. The number of benzene rings is 6. The first-order valence-corrected chi connectivity index (χ1v) is 21.8. The number of phenols is 2. The molecule has 17 nitrogen and oxygen atoms in total. The molecule has 10 rings (SSSR count). The van der Waals surface area contributed by atoms with Crippen LogP contribution in [0.25, 0.3) is 21.5 Å². The van der Waals surface area contributed by atoms with Crippen molar-refractivity contribution in [3.8, 4) is 11.5 Å². The van der Waals surface area contributed by atoms with E-state index in [1.54, 1.807) is 0 Å². The monoisotopic (exact) mass is 838 g/mol. The molecular formula is C35H26N4O13S4. The molecular weight excluding hydrogens is 813 g/mol. The molecule has 4 heterocycles. The lowest BCUT2D eigenvalue weighted by Crippen LogP contribution is -2.36. The Balaban J connectivity index is 1.21. The third-order valence-electron chi connectivity index (χ3n) is 9.59. The van der Waals surface area contributed by atoms with Gasteiger partial charge in [0.15, 0.2) is 0 Å². The summed E-state index contributed by atoms with van der Waals surface area (Å²) in [7, 11) is -19.5. The molecule has 0 spiro atoms. The SMILES string of the molecule is Cc1c2ccc(c1NC(=O)Nc1c3ccc(c1C)N(c1c(S(=O)(=O)O)ccc4ccc(O)cc14)S3(=O)=O)S(=O)(=O)N2c1c(S(=O)(=O)O)ccc2ccc(O)cc12. The molecule has 0 saturated heterocycles. The average molecular weight is 839 g/mol. The Bertz CT molecular complexity index is 3050. The summed E-state index contributed by atoms with van der Waals surface area (Å²) in [5, 5.41) is 26.0. The zero-order chi connectivity index (χ0) is 40.4. The van der Waals surface area contributed by atoms with Gasteiger partial charge in [-0.05, 0) is 96.4 Å². The van der Waals surface area contributed by atoms with Crippen molar-refractivity contribution >= 4 is 102 Å². The number of fused-ring (bicyclic) bond motifs is 8. The molecule has 0 unspecified atom stereocenters. The summed E-state index contributed by atoms with van der Waals surface area (Å²) in [6.07, 6.45) is 0. The van der Waals surface area contributed by atoms with Gasteiger partial charge in [-0.1, -0.05) is 24.3 Å². The van der Waals surface area contributed by atoms with Crippen molar-refractivity contribution in [1.29, 1.82) is 0 Å². The van der Waals surface area contributed by atoms with E-state index in [0.717, 1.165) is 36.4 Å². The van der Waals surface area contributed by atoms with Gasteiger partial charge in [-0.15, -0.1) is 0 Å². The van der Waals surface area contributed by atoms with Gasteiger partial charge in [0.05, 0.1) is 34.1 Å². The number of urea groups is 1. The van der Waals surface area contributed by atoms with E-state index in [4.69, 9.17) is 0 Å². The Morgan fingerprint density at radius 2 is 0.929 bits per heavy atom. The lowest BCUT2D eigenvalue weighted by Gasteiger charge is -2.35. The number of sulfonamides is 2. The minimum Gasteiger partial charge on any atom is -0.508 e. The van der Waals surface area contributed by atoms with Crippen molar-refractivity contribution < 1.29 is 57.8 Å². The maximum absolute atomic E-state index is 14.2. The van der Waals surface area contributed by atoms with Gasteiger partial charge in [-0.3, -0.25) is 9.11 Å². The number of phenolic OH excluding ortho intramolecular Hbond substituents is 2. The maximum Gasteiger partial charge on any atom is 0.323 e. The van der Waals surface area contributed by atoms with Crippen LogP contribution in [-0.2, 0) is 40.3 Å². The predicted molar refractivity (Wildman–Crippen MR) is 205 cm³/mol. The fourth-order valence-electron chi connectivity index (χ4n) is 7.11. The van der Waals surface area contributed by atoms with Gasteiger partial charge in [0.25, 0.3) is 40.3 Å². The van der Waals surface area contributed by atoms with Crippen LogP contribution in [0.3, 0.4) is 0 Å². The van der Waals surface area contributed by atoms with Crippen LogP contribution < -0.4 is 19.2 Å². The predicted octanol–water partition coefficient (Wildman–Crippen LogP) is 5.84. The Morgan fingerprint density at radius 1 is 0.571 bits per heavy atom. The minimum atomic E-state index is -5.03. The third-order valence-corrected chi connectivity index (χ3v) is 14.9. The highest BCUT2D eigenvalue weighted by atomic mass is 32.2. The van der Waals surface area contributed by atoms with Crippen molar-refractivity contribution in [3.05, 3.63) is 96.1 Å². The molecule has 6 N–H and O–H groups in total. The number of carbonyl (C=O) groups is 1. The standard InChI is InChI=1S/C35H26N4O13S4/c1-17-25-9-13-27(53(43,44)38(25)33-23-15-21(40)7-3-19(23)5-11-29(33)55(47,48)49)31(17)36-35(42)37-32-18(2)26-10-14-28(32)54(45,46)39(26)34-24-16-22(41)8-4-20(24)6-12-30(34)56(50,51)52/h3-16,40-41H,1-2H3,(H2,36,37,42)(H,47,48,49)(H,50,51,52). The highest BCUT2D eigenvalue weighted by molar-refractivity contribution is 7.94. The lowest BCUT2D eigenvalue weighted by molar-refractivity contribution is 0.262. The second kappa shape index (κ2) is 12.0. The van der Waals surface area contributed by atoms with E-state index in [0.29, 0.717) is 19.4 Å². The molecule has 288 valence electrons. The number of carbonyl (C=O) groups excluding carboxylic acids is 1. The molecule has 4 aliphatic rings. The third kappa shape index (κ3) is 5.42. The van der Waals surface area contributed by atoms with E-state index in [2.05, 4.69) is 10.6 Å². The first-order chi connectivity index (χ1) is 26.1. The van der Waals surface area contributed by atoms with Crippen LogP contribution >= 0.6 is 0 Å². The summed E-state index contributed by atoms with van der Waals surface area (Å²) < 4.78 is 129. The maximum atomic E-state index is 14.2. The Hall–Kier alpha value is -5.97. The van der Waals surface area contributed by atoms with Crippen LogP contribution in [0.2, 0.25) is 0 Å². The van der Waals surface area contributed by atoms with Gasteiger partial charge >= 0.3 is 6.03 Å². The van der Waals surface area contributed by atoms with Gasteiger partial charge in [-0.2, -0.15) is 16.8 Å². The fraction of sp³-hybridized carbons (Fsp3) is 0.0571. The topological polar surface area (TPSA) is 265 Å². The molecule has 21 heteroatoms. The van der Waals surface area contributed by atoms with Crippen LogP contribution in [0.1, 0.15) is 11.1 Å². The number of aromatic hydroxyl groups is 2. The van der Waals surface area contributed by atoms with E-state index >= 15 is 0 Å². The largest absolute Gasteiger partial charge is 0.508 e. The van der Waals surface area contributed by atoms with Crippen LogP contribution in [0, 0.1) is 13.8 Å². The van der Waals surface area contributed by atoms with Crippen LogP contribution in [0.4, 0.5) is 38.9 Å². The fourth-order valence-corrected chi connectivity index (χ4v) is 12.2. The summed E-state index contributed by atoms with van der Waals surface area (Å²) in [5.74, 6) is -0.643. The molecule has 0 radical (unpaired) electrons. The highest BCUT2D eigenvalue weighted by Gasteiger charge is 2.43. The smallest absolute Gasteiger partial charge is 0.323 e. The van der Waals surface area contributed by atoms with Crippen LogP contribution in [0.5, 0.6) is 11.5 Å². The first kappa shape index (κ1) is 37.0. The van der Waals surface area contributed by atoms with Gasteiger partial charge in [0, 0.05) is 10.8 Å². The highest BCUT2D eigenvalue weighted by Crippen LogP contribution is 2.52. The van der Waals surface area contributed by atoms with Crippen molar-refractivity contribution in [2.24, 2.45) is 0 Å². The second-order valence-electron chi connectivity index (χ2n) is 12.9. The second-order valence-corrected chi connectivity index (χ2v) is 19.2. The van der Waals surface area contributed by atoms with Crippen LogP contribution in [-0.4, -0.2) is 59.0 Å². The molecule has 0 aliphatic carbocycles. The number of hydrogen-bond acceptors (Lipinski definition) is 11. The van der Waals surface area contributed by atoms with Gasteiger partial charge in [-0.25, -0.2) is 30.2 Å². The van der Waals surface area contributed by atoms with Gasteiger partial charge in [0.2, 0.25) is 0 Å². The van der Waals surface area contributed by atoms with Crippen LogP contribution in [0.15, 0.2) is 105 Å². The van der Waals surface area contributed by atoms with E-state index in [1.807, 2.05) is 0 Å². The quantitative estimate of drug-likeness (QED) is 0.108. The summed E-state index contributed by atoms with van der Waals surface area (Å²) in [6, 6.07) is 16.3. The first-order valence-electron chi connectivity index (χ1n) is 16.0. The van der Waals surface area contributed by atoms with E-state index in [-0.39, 0.29) is 56.1 Å². The zero-order valence-electron chi connectivity index (χ0n) is 28.6. The average Bonchev–Trinajstić information content (AvgIpc) is 3.09. The Morgan fingerprint density at radius 3 is 1.29 bits per heavy atom. The molecule has 6 aromatic rings. The Kier molecular flexibility index (Phi) is 7.93. The van der Waals surface area contributed by atoms with Crippen molar-refractivity contribution in [2.45, 2.75) is 33.4 Å². The van der Waals surface area contributed by atoms with Crippen molar-refractivity contribution in [1.82, 2.24) is 0 Å². The molecule has 0 aromatic heterocycles. The number of amides is 2. The van der Waals surface area contributed by atoms with E-state index in [1.165, 1.54) is 62.4 Å². The van der Waals surface area contributed by atoms with E-state index < -0.39 is 77.3 Å².